The molecule has 1 aromatic carbocycles. The van der Waals surface area contributed by atoms with Crippen LogP contribution in [0.15, 0.2) is 24.3 Å². The molecule has 1 saturated heterocycles. The number of benzene rings is 1. The summed E-state index contributed by atoms with van der Waals surface area (Å²) in [5, 5.41) is 3.42. The normalized spacial score (nSPS) is 15.8. The lowest BCUT2D eigenvalue weighted by Crippen LogP contribution is -2.40. The number of rotatable bonds is 8. The number of primary amides is 1. The number of nitrogens with zero attached hydrogens (tertiary/aromatic N) is 1. The average Bonchev–Trinajstić information content (AvgIpc) is 2.52. The molecule has 0 saturated carbocycles. The van der Waals surface area contributed by atoms with Crippen molar-refractivity contribution in [2.45, 2.75) is 6.54 Å². The SMILES string of the molecule is NC(=O)COc1ccc(CNCCN2CCOCC2)cc1. The smallest absolute Gasteiger partial charge is 0.255 e. The molecule has 1 aliphatic rings. The van der Waals surface area contributed by atoms with E-state index < -0.39 is 5.91 Å². The molecule has 1 fully saturated rings. The number of hydrogen-bond donors (Lipinski definition) is 2. The molecule has 116 valence electrons. The van der Waals surface area contributed by atoms with Crippen molar-refractivity contribution < 1.29 is 14.3 Å². The lowest BCUT2D eigenvalue weighted by atomic mass is 10.2. The lowest BCUT2D eigenvalue weighted by Gasteiger charge is -2.26. The van der Waals surface area contributed by atoms with Crippen LogP contribution in [0.2, 0.25) is 0 Å². The molecule has 0 unspecified atom stereocenters. The van der Waals surface area contributed by atoms with E-state index in [1.807, 2.05) is 24.3 Å². The molecule has 6 heteroatoms. The summed E-state index contributed by atoms with van der Waals surface area (Å²) in [6.45, 7) is 6.46. The molecule has 1 heterocycles. The molecule has 0 spiro atoms. The van der Waals surface area contributed by atoms with Gasteiger partial charge in [-0.15, -0.1) is 0 Å². The lowest BCUT2D eigenvalue weighted by molar-refractivity contribution is -0.119. The van der Waals surface area contributed by atoms with Crippen LogP contribution < -0.4 is 15.8 Å². The van der Waals surface area contributed by atoms with E-state index in [4.69, 9.17) is 15.2 Å². The first-order valence-corrected chi connectivity index (χ1v) is 7.25. The molecule has 0 atom stereocenters. The first-order valence-electron chi connectivity index (χ1n) is 7.25. The summed E-state index contributed by atoms with van der Waals surface area (Å²) in [5.74, 6) is 0.190. The van der Waals surface area contributed by atoms with Gasteiger partial charge in [-0.1, -0.05) is 12.1 Å². The van der Waals surface area contributed by atoms with Crippen molar-refractivity contribution in [1.29, 1.82) is 0 Å². The number of carbonyl (C=O) groups is 1. The van der Waals surface area contributed by atoms with E-state index in [2.05, 4.69) is 10.2 Å². The predicted molar refractivity (Wildman–Crippen MR) is 80.1 cm³/mol. The number of nitrogens with one attached hydrogen (secondary N) is 1. The second kappa shape index (κ2) is 8.61. The minimum atomic E-state index is -0.469. The van der Waals surface area contributed by atoms with E-state index in [-0.39, 0.29) is 6.61 Å². The molecule has 1 aromatic rings. The van der Waals surface area contributed by atoms with Gasteiger partial charge in [-0.2, -0.15) is 0 Å². The Morgan fingerprint density at radius 2 is 2.00 bits per heavy atom. The van der Waals surface area contributed by atoms with Crippen LogP contribution in [0.4, 0.5) is 0 Å². The second-order valence-corrected chi connectivity index (χ2v) is 5.03. The quantitative estimate of drug-likeness (QED) is 0.658. The first-order chi connectivity index (χ1) is 10.2. The van der Waals surface area contributed by atoms with Gasteiger partial charge in [0.15, 0.2) is 6.61 Å². The van der Waals surface area contributed by atoms with Gasteiger partial charge >= 0.3 is 0 Å². The Labute approximate surface area is 125 Å². The zero-order valence-corrected chi connectivity index (χ0v) is 12.2. The fourth-order valence-electron chi connectivity index (χ4n) is 2.15. The van der Waals surface area contributed by atoms with E-state index in [0.29, 0.717) is 5.75 Å². The highest BCUT2D eigenvalue weighted by Gasteiger charge is 2.08. The van der Waals surface area contributed by atoms with Gasteiger partial charge in [-0.25, -0.2) is 0 Å². The fraction of sp³-hybridized carbons (Fsp3) is 0.533. The monoisotopic (exact) mass is 293 g/mol. The fourth-order valence-corrected chi connectivity index (χ4v) is 2.15. The molecular formula is C15H23N3O3. The molecule has 0 aliphatic carbocycles. The maximum Gasteiger partial charge on any atom is 0.255 e. The second-order valence-electron chi connectivity index (χ2n) is 5.03. The van der Waals surface area contributed by atoms with Crippen molar-refractivity contribution in [1.82, 2.24) is 10.2 Å². The van der Waals surface area contributed by atoms with Crippen LogP contribution in [-0.4, -0.2) is 56.8 Å². The molecule has 0 bridgehead atoms. The van der Waals surface area contributed by atoms with E-state index in [1.54, 1.807) is 0 Å². The van der Waals surface area contributed by atoms with Crippen molar-refractivity contribution in [2.24, 2.45) is 5.73 Å². The van der Waals surface area contributed by atoms with E-state index in [0.717, 1.165) is 45.9 Å². The Balaban J connectivity index is 1.62. The summed E-state index contributed by atoms with van der Waals surface area (Å²) < 4.78 is 10.5. The highest BCUT2D eigenvalue weighted by Crippen LogP contribution is 2.11. The summed E-state index contributed by atoms with van der Waals surface area (Å²) in [5.41, 5.74) is 6.21. The Morgan fingerprint density at radius 1 is 1.29 bits per heavy atom. The third-order valence-corrected chi connectivity index (χ3v) is 3.34. The standard InChI is InChI=1S/C15H23N3O3/c16-15(19)12-21-14-3-1-13(2-4-14)11-17-5-6-18-7-9-20-10-8-18/h1-4,17H,5-12H2,(H2,16,19). The summed E-state index contributed by atoms with van der Waals surface area (Å²) >= 11 is 0. The van der Waals surface area contributed by atoms with Gasteiger partial charge in [0.1, 0.15) is 5.75 Å². The molecule has 1 amide bonds. The van der Waals surface area contributed by atoms with E-state index in [9.17, 15) is 4.79 Å². The van der Waals surface area contributed by atoms with Gasteiger partial charge in [0, 0.05) is 32.7 Å². The van der Waals surface area contributed by atoms with E-state index >= 15 is 0 Å². The largest absolute Gasteiger partial charge is 0.484 e. The molecule has 1 aliphatic heterocycles. The van der Waals surface area contributed by atoms with Gasteiger partial charge < -0.3 is 20.5 Å². The highest BCUT2D eigenvalue weighted by atomic mass is 16.5. The third kappa shape index (κ3) is 6.12. The topological polar surface area (TPSA) is 76.8 Å². The van der Waals surface area contributed by atoms with Crippen molar-refractivity contribution in [3.63, 3.8) is 0 Å². The van der Waals surface area contributed by atoms with Gasteiger partial charge in [0.25, 0.3) is 5.91 Å². The number of amides is 1. The van der Waals surface area contributed by atoms with Crippen molar-refractivity contribution in [2.75, 3.05) is 46.0 Å². The number of nitrogens with two attached hydrogens (primary N) is 1. The highest BCUT2D eigenvalue weighted by molar-refractivity contribution is 5.75. The molecule has 3 N–H and O–H groups in total. The van der Waals surface area contributed by atoms with E-state index in [1.165, 1.54) is 5.56 Å². The van der Waals surface area contributed by atoms with Crippen LogP contribution >= 0.6 is 0 Å². The zero-order valence-electron chi connectivity index (χ0n) is 12.2. The van der Waals surface area contributed by atoms with Gasteiger partial charge in [-0.05, 0) is 17.7 Å². The summed E-state index contributed by atoms with van der Waals surface area (Å²) in [7, 11) is 0. The van der Waals surface area contributed by atoms with Crippen molar-refractivity contribution in [3.05, 3.63) is 29.8 Å². The van der Waals surface area contributed by atoms with Crippen molar-refractivity contribution >= 4 is 5.91 Å². The Kier molecular flexibility index (Phi) is 6.46. The number of hydrogen-bond acceptors (Lipinski definition) is 5. The Hall–Kier alpha value is -1.63. The summed E-state index contributed by atoms with van der Waals surface area (Å²) in [6.07, 6.45) is 0. The molecule has 0 radical (unpaired) electrons. The number of carbonyl (C=O) groups excluding carboxylic acids is 1. The number of ether oxygens (including phenoxy) is 2. The minimum Gasteiger partial charge on any atom is -0.484 e. The van der Waals surface area contributed by atoms with Crippen LogP contribution in [0.3, 0.4) is 0 Å². The Morgan fingerprint density at radius 3 is 2.67 bits per heavy atom. The zero-order chi connectivity index (χ0) is 14.9. The van der Waals surface area contributed by atoms with Crippen LogP contribution in [0, 0.1) is 0 Å². The van der Waals surface area contributed by atoms with Crippen molar-refractivity contribution in [3.8, 4) is 5.75 Å². The van der Waals surface area contributed by atoms with Gasteiger partial charge in [-0.3, -0.25) is 9.69 Å². The van der Waals surface area contributed by atoms with Gasteiger partial charge in [0.2, 0.25) is 0 Å². The maximum absolute atomic E-state index is 10.6. The molecule has 21 heavy (non-hydrogen) atoms. The molecule has 2 rings (SSSR count). The molecular weight excluding hydrogens is 270 g/mol. The predicted octanol–water partition coefficient (Wildman–Crippen LogP) is -0.0275. The van der Waals surface area contributed by atoms with Crippen LogP contribution in [-0.2, 0) is 16.1 Å². The van der Waals surface area contributed by atoms with Crippen LogP contribution in [0.25, 0.3) is 0 Å². The third-order valence-electron chi connectivity index (χ3n) is 3.34. The summed E-state index contributed by atoms with van der Waals surface area (Å²) in [4.78, 5) is 13.0. The first kappa shape index (κ1) is 15.8. The Bertz CT molecular complexity index is 430. The van der Waals surface area contributed by atoms with Crippen LogP contribution in [0.5, 0.6) is 5.75 Å². The minimum absolute atomic E-state index is 0.0862. The molecule has 0 aromatic heterocycles. The summed E-state index contributed by atoms with van der Waals surface area (Å²) in [6, 6.07) is 7.67. The number of morpholine rings is 1. The van der Waals surface area contributed by atoms with Gasteiger partial charge in [0.05, 0.1) is 13.2 Å². The molecule has 6 nitrogen and oxygen atoms in total. The van der Waals surface area contributed by atoms with Crippen LogP contribution in [0.1, 0.15) is 5.56 Å². The average molecular weight is 293 g/mol. The maximum atomic E-state index is 10.6.